The van der Waals surface area contributed by atoms with Crippen LogP contribution in [0.25, 0.3) is 0 Å². The summed E-state index contributed by atoms with van der Waals surface area (Å²) in [4.78, 5) is 16.2. The maximum absolute atomic E-state index is 10.8. The number of nitrogen functional groups attached to an aromatic ring is 1. The first-order valence-electron chi connectivity index (χ1n) is 5.88. The molecule has 1 aromatic rings. The molecule has 0 unspecified atom stereocenters. The molecule has 0 aliphatic carbocycles. The van der Waals surface area contributed by atoms with Crippen LogP contribution < -0.4 is 10.6 Å². The van der Waals surface area contributed by atoms with E-state index in [0.29, 0.717) is 32.1 Å². The predicted octanol–water partition coefficient (Wildman–Crippen LogP) is 0.424. The van der Waals surface area contributed by atoms with Gasteiger partial charge in [-0.3, -0.25) is 0 Å². The van der Waals surface area contributed by atoms with Crippen LogP contribution in [-0.2, 0) is 9.47 Å². The van der Waals surface area contributed by atoms with Gasteiger partial charge in [0.1, 0.15) is 5.69 Å². The zero-order valence-corrected chi connectivity index (χ0v) is 10.6. The Labute approximate surface area is 110 Å². The maximum atomic E-state index is 10.8. The van der Waals surface area contributed by atoms with Crippen molar-refractivity contribution in [3.05, 3.63) is 22.2 Å². The Balaban J connectivity index is 2.17. The molecule has 1 saturated heterocycles. The molecule has 0 bridgehead atoms. The Morgan fingerprint density at radius 1 is 1.68 bits per heavy atom. The lowest BCUT2D eigenvalue weighted by Crippen LogP contribution is -2.44. The monoisotopic (exact) mass is 268 g/mol. The van der Waals surface area contributed by atoms with Crippen molar-refractivity contribution in [2.24, 2.45) is 0 Å². The van der Waals surface area contributed by atoms with Crippen molar-refractivity contribution in [1.82, 2.24) is 4.98 Å². The van der Waals surface area contributed by atoms with Crippen LogP contribution in [0, 0.1) is 10.1 Å². The molecule has 0 aromatic carbocycles. The molecule has 8 heteroatoms. The number of hydrogen-bond acceptors (Lipinski definition) is 7. The number of nitrogens with zero attached hydrogens (tertiary/aromatic N) is 3. The Morgan fingerprint density at radius 3 is 3.16 bits per heavy atom. The van der Waals surface area contributed by atoms with E-state index in [9.17, 15) is 10.1 Å². The summed E-state index contributed by atoms with van der Waals surface area (Å²) in [5.41, 5.74) is 5.59. The Bertz CT molecular complexity index is 466. The number of anilines is 2. The number of morpholine rings is 1. The first-order valence-corrected chi connectivity index (χ1v) is 5.88. The number of aromatic nitrogens is 1. The van der Waals surface area contributed by atoms with Crippen LogP contribution in [-0.4, -0.2) is 49.4 Å². The summed E-state index contributed by atoms with van der Waals surface area (Å²) in [6.07, 6.45) is -0.0582. The summed E-state index contributed by atoms with van der Waals surface area (Å²) < 4.78 is 10.6. The van der Waals surface area contributed by atoms with Gasteiger partial charge in [0.15, 0.2) is 0 Å². The molecule has 1 aliphatic rings. The van der Waals surface area contributed by atoms with Crippen molar-refractivity contribution in [3.8, 4) is 0 Å². The number of methoxy groups -OCH3 is 1. The third kappa shape index (κ3) is 3.09. The van der Waals surface area contributed by atoms with E-state index < -0.39 is 4.92 Å². The lowest BCUT2D eigenvalue weighted by molar-refractivity contribution is -0.388. The number of nitrogens with two attached hydrogens (primary N) is 1. The molecule has 104 valence electrons. The molecule has 1 aliphatic heterocycles. The van der Waals surface area contributed by atoms with Gasteiger partial charge in [-0.25, -0.2) is 0 Å². The molecule has 0 amide bonds. The molecule has 1 fully saturated rings. The fourth-order valence-corrected chi connectivity index (χ4v) is 1.99. The number of nitro groups is 1. The van der Waals surface area contributed by atoms with Gasteiger partial charge in [-0.2, -0.15) is 0 Å². The molecular formula is C11H16N4O4. The molecule has 1 aromatic heterocycles. The Kier molecular flexibility index (Phi) is 4.13. The van der Waals surface area contributed by atoms with Crippen molar-refractivity contribution in [1.29, 1.82) is 0 Å². The minimum absolute atomic E-state index is 0.0582. The van der Waals surface area contributed by atoms with Gasteiger partial charge in [0.2, 0.25) is 5.82 Å². The molecule has 2 heterocycles. The van der Waals surface area contributed by atoms with Crippen LogP contribution in [0.4, 0.5) is 17.3 Å². The van der Waals surface area contributed by atoms with E-state index in [1.165, 1.54) is 6.07 Å². The molecule has 8 nitrogen and oxygen atoms in total. The van der Waals surface area contributed by atoms with E-state index in [2.05, 4.69) is 4.98 Å². The standard InChI is InChI=1S/C11H16N4O4/c1-18-7-8-6-14(4-5-19-8)10-3-2-9(12)11(13-10)15(16)17/h2-3,8H,4-7,12H2,1H3/t8-/m1/s1. The molecule has 1 atom stereocenters. The summed E-state index contributed by atoms with van der Waals surface area (Å²) in [7, 11) is 1.61. The summed E-state index contributed by atoms with van der Waals surface area (Å²) in [5.74, 6) is 0.220. The molecule has 2 N–H and O–H groups in total. The highest BCUT2D eigenvalue weighted by atomic mass is 16.6. The minimum atomic E-state index is -0.577. The zero-order valence-electron chi connectivity index (χ0n) is 10.6. The summed E-state index contributed by atoms with van der Waals surface area (Å²) in [5, 5.41) is 10.8. The molecule has 0 radical (unpaired) electrons. The second-order valence-electron chi connectivity index (χ2n) is 4.23. The zero-order chi connectivity index (χ0) is 13.8. The van der Waals surface area contributed by atoms with E-state index in [0.717, 1.165) is 0 Å². The van der Waals surface area contributed by atoms with Crippen molar-refractivity contribution in [2.75, 3.05) is 44.0 Å². The number of pyridine rings is 1. The first kappa shape index (κ1) is 13.5. The Hall–Kier alpha value is -1.93. The Morgan fingerprint density at radius 2 is 2.47 bits per heavy atom. The number of ether oxygens (including phenoxy) is 2. The van der Waals surface area contributed by atoms with Crippen molar-refractivity contribution < 1.29 is 14.4 Å². The molecular weight excluding hydrogens is 252 g/mol. The average Bonchev–Trinajstić information content (AvgIpc) is 2.39. The van der Waals surface area contributed by atoms with Crippen LogP contribution in [0.15, 0.2) is 12.1 Å². The number of rotatable bonds is 4. The fourth-order valence-electron chi connectivity index (χ4n) is 1.99. The lowest BCUT2D eigenvalue weighted by atomic mass is 10.2. The highest BCUT2D eigenvalue weighted by Crippen LogP contribution is 2.24. The van der Waals surface area contributed by atoms with Crippen LogP contribution in [0.3, 0.4) is 0 Å². The van der Waals surface area contributed by atoms with E-state index in [4.69, 9.17) is 15.2 Å². The van der Waals surface area contributed by atoms with E-state index in [1.807, 2.05) is 4.90 Å². The van der Waals surface area contributed by atoms with Crippen LogP contribution in [0.5, 0.6) is 0 Å². The SMILES string of the molecule is COC[C@H]1CN(c2ccc(N)c([N+](=O)[O-])n2)CCO1. The van der Waals surface area contributed by atoms with Crippen molar-refractivity contribution >= 4 is 17.3 Å². The third-order valence-corrected chi connectivity index (χ3v) is 2.88. The van der Waals surface area contributed by atoms with Crippen LogP contribution >= 0.6 is 0 Å². The molecule has 19 heavy (non-hydrogen) atoms. The number of hydrogen-bond donors (Lipinski definition) is 1. The lowest BCUT2D eigenvalue weighted by Gasteiger charge is -2.31. The quantitative estimate of drug-likeness (QED) is 0.623. The van der Waals surface area contributed by atoms with E-state index >= 15 is 0 Å². The van der Waals surface area contributed by atoms with Crippen LogP contribution in [0.2, 0.25) is 0 Å². The topological polar surface area (TPSA) is 104 Å². The van der Waals surface area contributed by atoms with Gasteiger partial charge < -0.3 is 30.2 Å². The molecule has 0 spiro atoms. The summed E-state index contributed by atoms with van der Waals surface area (Å²) >= 11 is 0. The third-order valence-electron chi connectivity index (χ3n) is 2.88. The van der Waals surface area contributed by atoms with E-state index in [-0.39, 0.29) is 17.6 Å². The maximum Gasteiger partial charge on any atom is 0.388 e. The minimum Gasteiger partial charge on any atom is -0.392 e. The van der Waals surface area contributed by atoms with Crippen molar-refractivity contribution in [3.63, 3.8) is 0 Å². The van der Waals surface area contributed by atoms with Gasteiger partial charge in [-0.05, 0) is 16.0 Å². The summed E-state index contributed by atoms with van der Waals surface area (Å²) in [6, 6.07) is 3.18. The van der Waals surface area contributed by atoms with Gasteiger partial charge in [0.25, 0.3) is 0 Å². The molecule has 2 rings (SSSR count). The molecule has 0 saturated carbocycles. The largest absolute Gasteiger partial charge is 0.392 e. The highest BCUT2D eigenvalue weighted by Gasteiger charge is 2.25. The first-order chi connectivity index (χ1) is 9.11. The second-order valence-corrected chi connectivity index (χ2v) is 4.23. The van der Waals surface area contributed by atoms with Gasteiger partial charge in [-0.15, -0.1) is 0 Å². The van der Waals surface area contributed by atoms with Gasteiger partial charge in [0, 0.05) is 26.3 Å². The summed E-state index contributed by atoms with van der Waals surface area (Å²) in [6.45, 7) is 2.23. The van der Waals surface area contributed by atoms with Gasteiger partial charge in [0.05, 0.1) is 19.3 Å². The average molecular weight is 268 g/mol. The van der Waals surface area contributed by atoms with Gasteiger partial charge in [-0.1, -0.05) is 0 Å². The van der Waals surface area contributed by atoms with Crippen molar-refractivity contribution in [2.45, 2.75) is 6.10 Å². The van der Waals surface area contributed by atoms with Crippen LogP contribution in [0.1, 0.15) is 0 Å². The fraction of sp³-hybridized carbons (Fsp3) is 0.545. The second kappa shape index (κ2) is 5.81. The highest BCUT2D eigenvalue weighted by molar-refractivity contribution is 5.58. The smallest absolute Gasteiger partial charge is 0.388 e. The van der Waals surface area contributed by atoms with E-state index in [1.54, 1.807) is 13.2 Å². The van der Waals surface area contributed by atoms with Gasteiger partial charge >= 0.3 is 5.82 Å². The normalized spacial score (nSPS) is 19.4. The predicted molar refractivity (Wildman–Crippen MR) is 69.1 cm³/mol.